The minimum Gasteiger partial charge on any atom is -0.444 e. The summed E-state index contributed by atoms with van der Waals surface area (Å²) in [4.78, 5) is 18.4. The van der Waals surface area contributed by atoms with E-state index in [0.29, 0.717) is 18.4 Å². The van der Waals surface area contributed by atoms with Crippen LogP contribution in [0.3, 0.4) is 0 Å². The van der Waals surface area contributed by atoms with Gasteiger partial charge in [-0.05, 0) is 38.2 Å². The van der Waals surface area contributed by atoms with E-state index in [2.05, 4.69) is 34.6 Å². The van der Waals surface area contributed by atoms with Crippen molar-refractivity contribution in [3.05, 3.63) is 53.2 Å². The lowest BCUT2D eigenvalue weighted by Gasteiger charge is -2.17. The first kappa shape index (κ1) is 15.6. The molecule has 0 spiro atoms. The highest BCUT2D eigenvalue weighted by Crippen LogP contribution is 2.20. The molecule has 0 aliphatic carbocycles. The second-order valence-corrected chi connectivity index (χ2v) is 6.20. The zero-order valence-corrected chi connectivity index (χ0v) is 13.7. The molecule has 1 fully saturated rings. The van der Waals surface area contributed by atoms with Crippen LogP contribution in [0.4, 0.5) is 4.79 Å². The molecular formula is C18H23N3O2. The molecule has 1 atom stereocenters. The van der Waals surface area contributed by atoms with E-state index in [1.54, 1.807) is 0 Å². The Labute approximate surface area is 136 Å². The van der Waals surface area contributed by atoms with Crippen molar-refractivity contribution in [2.24, 2.45) is 5.92 Å². The lowest BCUT2D eigenvalue weighted by molar-refractivity contribution is 0.205. The number of benzene rings is 1. The summed E-state index contributed by atoms with van der Waals surface area (Å²) in [5.74, 6) is 1.90. The summed E-state index contributed by atoms with van der Waals surface area (Å²) in [5.41, 5.74) is 2.21. The molecule has 0 radical (unpaired) electrons. The smallest absolute Gasteiger partial charge is 0.317 e. The summed E-state index contributed by atoms with van der Waals surface area (Å²) in [6, 6.07) is 10.4. The third kappa shape index (κ3) is 3.92. The number of urea groups is 1. The molecule has 1 aromatic heterocycles. The van der Waals surface area contributed by atoms with Crippen LogP contribution in [0.25, 0.3) is 0 Å². The Hall–Kier alpha value is -2.30. The molecular weight excluding hydrogens is 290 g/mol. The first-order chi connectivity index (χ1) is 11.1. The first-order valence-electron chi connectivity index (χ1n) is 8.11. The van der Waals surface area contributed by atoms with Gasteiger partial charge in [0.2, 0.25) is 5.89 Å². The van der Waals surface area contributed by atoms with Gasteiger partial charge in [0.05, 0.1) is 12.2 Å². The Balaban J connectivity index is 1.47. The summed E-state index contributed by atoms with van der Waals surface area (Å²) >= 11 is 0. The zero-order chi connectivity index (χ0) is 16.2. The normalized spacial score (nSPS) is 17.5. The van der Waals surface area contributed by atoms with E-state index in [4.69, 9.17) is 4.42 Å². The number of hydrogen-bond donors (Lipinski definition) is 1. The fourth-order valence-electron chi connectivity index (χ4n) is 3.01. The van der Waals surface area contributed by atoms with Crippen LogP contribution >= 0.6 is 0 Å². The molecule has 5 heteroatoms. The van der Waals surface area contributed by atoms with E-state index in [-0.39, 0.29) is 6.03 Å². The minimum atomic E-state index is -0.0333. The van der Waals surface area contributed by atoms with E-state index in [9.17, 15) is 4.79 Å². The van der Waals surface area contributed by atoms with Crippen LogP contribution in [0, 0.1) is 19.8 Å². The predicted molar refractivity (Wildman–Crippen MR) is 88.0 cm³/mol. The number of aryl methyl sites for hydroxylation is 2. The number of oxazole rings is 1. The van der Waals surface area contributed by atoms with Gasteiger partial charge < -0.3 is 14.6 Å². The maximum atomic E-state index is 12.3. The van der Waals surface area contributed by atoms with Gasteiger partial charge in [-0.15, -0.1) is 0 Å². The lowest BCUT2D eigenvalue weighted by Crippen LogP contribution is -2.38. The van der Waals surface area contributed by atoms with E-state index in [0.717, 1.165) is 37.4 Å². The molecule has 1 saturated heterocycles. The summed E-state index contributed by atoms with van der Waals surface area (Å²) < 4.78 is 5.48. The highest BCUT2D eigenvalue weighted by atomic mass is 16.4. The second-order valence-electron chi connectivity index (χ2n) is 6.20. The largest absolute Gasteiger partial charge is 0.444 e. The van der Waals surface area contributed by atoms with Crippen LogP contribution in [-0.2, 0) is 13.0 Å². The Morgan fingerprint density at radius 3 is 2.83 bits per heavy atom. The van der Waals surface area contributed by atoms with Crippen molar-refractivity contribution in [1.82, 2.24) is 15.2 Å². The molecule has 0 bridgehead atoms. The van der Waals surface area contributed by atoms with Crippen molar-refractivity contribution in [3.8, 4) is 0 Å². The number of hydrogen-bond acceptors (Lipinski definition) is 3. The van der Waals surface area contributed by atoms with Crippen LogP contribution in [0.15, 0.2) is 34.7 Å². The predicted octanol–water partition coefficient (Wildman–Crippen LogP) is 3.07. The number of amides is 2. The highest BCUT2D eigenvalue weighted by Gasteiger charge is 2.26. The lowest BCUT2D eigenvalue weighted by atomic mass is 9.99. The number of nitrogens with one attached hydrogen (secondary N) is 1. The van der Waals surface area contributed by atoms with Crippen LogP contribution in [0.5, 0.6) is 0 Å². The van der Waals surface area contributed by atoms with Crippen molar-refractivity contribution >= 4 is 6.03 Å². The first-order valence-corrected chi connectivity index (χ1v) is 8.11. The number of carbonyl (C=O) groups excluding carboxylic acids is 1. The molecule has 3 rings (SSSR count). The zero-order valence-electron chi connectivity index (χ0n) is 13.7. The number of aromatic nitrogens is 1. The average Bonchev–Trinajstić information content (AvgIpc) is 3.13. The van der Waals surface area contributed by atoms with Crippen molar-refractivity contribution in [2.45, 2.75) is 33.2 Å². The van der Waals surface area contributed by atoms with E-state index in [1.807, 2.05) is 24.8 Å². The fourth-order valence-corrected chi connectivity index (χ4v) is 3.01. The summed E-state index contributed by atoms with van der Waals surface area (Å²) in [5, 5.41) is 2.90. The van der Waals surface area contributed by atoms with E-state index in [1.165, 1.54) is 5.56 Å². The van der Waals surface area contributed by atoms with Crippen LogP contribution in [0.1, 0.15) is 29.3 Å². The molecule has 5 nitrogen and oxygen atoms in total. The van der Waals surface area contributed by atoms with Gasteiger partial charge in [0, 0.05) is 13.1 Å². The van der Waals surface area contributed by atoms with Crippen LogP contribution in [0.2, 0.25) is 0 Å². The molecule has 122 valence electrons. The Kier molecular flexibility index (Phi) is 4.65. The molecule has 1 aromatic carbocycles. The van der Waals surface area contributed by atoms with Gasteiger partial charge >= 0.3 is 6.03 Å². The number of carbonyl (C=O) groups is 1. The average molecular weight is 313 g/mol. The second kappa shape index (κ2) is 6.86. The molecule has 1 unspecified atom stereocenters. The van der Waals surface area contributed by atoms with Gasteiger partial charge in [0.15, 0.2) is 0 Å². The Bertz CT molecular complexity index is 647. The maximum Gasteiger partial charge on any atom is 0.317 e. The molecule has 1 N–H and O–H groups in total. The van der Waals surface area contributed by atoms with Gasteiger partial charge in [-0.2, -0.15) is 0 Å². The van der Waals surface area contributed by atoms with Crippen molar-refractivity contribution in [2.75, 3.05) is 13.1 Å². The number of likely N-dealkylation sites (tertiary alicyclic amines) is 1. The monoisotopic (exact) mass is 313 g/mol. The quantitative estimate of drug-likeness (QED) is 0.943. The minimum absolute atomic E-state index is 0.0333. The standard InChI is InChI=1S/C18H23N3O2/c1-13-14(2)23-17(20-13)11-19-18(22)21-9-8-16(12-21)10-15-6-4-3-5-7-15/h3-7,16H,8-12H2,1-2H3,(H,19,22). The van der Waals surface area contributed by atoms with Gasteiger partial charge in [-0.25, -0.2) is 9.78 Å². The Morgan fingerprint density at radius 1 is 1.35 bits per heavy atom. The van der Waals surface area contributed by atoms with E-state index >= 15 is 0 Å². The van der Waals surface area contributed by atoms with Crippen LogP contribution in [-0.4, -0.2) is 29.0 Å². The molecule has 0 saturated carbocycles. The van der Waals surface area contributed by atoms with Gasteiger partial charge in [-0.3, -0.25) is 0 Å². The SMILES string of the molecule is Cc1nc(CNC(=O)N2CCC(Cc3ccccc3)C2)oc1C. The van der Waals surface area contributed by atoms with Crippen LogP contribution < -0.4 is 5.32 Å². The summed E-state index contributed by atoms with van der Waals surface area (Å²) in [6.07, 6.45) is 2.09. The maximum absolute atomic E-state index is 12.3. The molecule has 2 amide bonds. The highest BCUT2D eigenvalue weighted by molar-refractivity contribution is 5.74. The Morgan fingerprint density at radius 2 is 2.13 bits per heavy atom. The molecule has 1 aliphatic rings. The molecule has 23 heavy (non-hydrogen) atoms. The molecule has 2 aromatic rings. The van der Waals surface area contributed by atoms with Crippen molar-refractivity contribution in [1.29, 1.82) is 0 Å². The van der Waals surface area contributed by atoms with Crippen molar-refractivity contribution < 1.29 is 9.21 Å². The molecule has 1 aliphatic heterocycles. The third-order valence-electron chi connectivity index (χ3n) is 4.40. The topological polar surface area (TPSA) is 58.4 Å². The van der Waals surface area contributed by atoms with Gasteiger partial charge in [0.25, 0.3) is 0 Å². The van der Waals surface area contributed by atoms with E-state index < -0.39 is 0 Å². The summed E-state index contributed by atoms with van der Waals surface area (Å²) in [6.45, 7) is 5.74. The number of nitrogens with zero attached hydrogens (tertiary/aromatic N) is 2. The fraction of sp³-hybridized carbons (Fsp3) is 0.444. The van der Waals surface area contributed by atoms with Gasteiger partial charge in [-0.1, -0.05) is 30.3 Å². The molecule has 2 heterocycles. The third-order valence-corrected chi connectivity index (χ3v) is 4.40. The van der Waals surface area contributed by atoms with Crippen molar-refractivity contribution in [3.63, 3.8) is 0 Å². The number of rotatable bonds is 4. The summed E-state index contributed by atoms with van der Waals surface area (Å²) in [7, 11) is 0. The van der Waals surface area contributed by atoms with Gasteiger partial charge in [0.1, 0.15) is 5.76 Å².